The van der Waals surface area contributed by atoms with Crippen molar-refractivity contribution in [2.24, 2.45) is 12.5 Å². The van der Waals surface area contributed by atoms with Gasteiger partial charge in [-0.05, 0) is 23.5 Å². The molecule has 3 nitrogen and oxygen atoms in total. The Kier molecular flexibility index (Phi) is 3.71. The third-order valence-electron chi connectivity index (χ3n) is 3.26. The van der Waals surface area contributed by atoms with Crippen LogP contribution in [0.15, 0.2) is 36.5 Å². The standard InChI is InChI=1S/C17H21NO2/c1-17(2,3)10-12(9-16(19)20)14-11-18(4)15-8-6-5-7-13(14)15/h5-9,11H,10H2,1-4H3,(H,19,20)/b12-9-. The first-order valence-electron chi connectivity index (χ1n) is 6.76. The van der Waals surface area contributed by atoms with E-state index >= 15 is 0 Å². The molecule has 20 heavy (non-hydrogen) atoms. The molecule has 0 amide bonds. The van der Waals surface area contributed by atoms with E-state index in [1.165, 1.54) is 6.08 Å². The number of aliphatic carboxylic acids is 1. The molecule has 1 N–H and O–H groups in total. The van der Waals surface area contributed by atoms with Gasteiger partial charge in [-0.2, -0.15) is 0 Å². The van der Waals surface area contributed by atoms with E-state index in [1.807, 2.05) is 42.1 Å². The minimum Gasteiger partial charge on any atom is -0.478 e. The summed E-state index contributed by atoms with van der Waals surface area (Å²) in [6, 6.07) is 8.08. The summed E-state index contributed by atoms with van der Waals surface area (Å²) >= 11 is 0. The maximum Gasteiger partial charge on any atom is 0.328 e. The Labute approximate surface area is 119 Å². The SMILES string of the molecule is Cn1cc(/C(=C\C(=O)O)CC(C)(C)C)c2ccccc21. The zero-order valence-electron chi connectivity index (χ0n) is 12.5. The molecule has 0 atom stereocenters. The number of aromatic nitrogens is 1. The molecule has 1 heterocycles. The molecule has 2 aromatic rings. The molecule has 2 rings (SSSR count). The zero-order chi connectivity index (χ0) is 14.9. The fraction of sp³-hybridized carbons (Fsp3) is 0.353. The van der Waals surface area contributed by atoms with Crippen LogP contribution in [-0.4, -0.2) is 15.6 Å². The fourth-order valence-corrected chi connectivity index (χ4v) is 2.54. The Bertz CT molecular complexity index is 672. The molecular weight excluding hydrogens is 250 g/mol. The molecule has 0 spiro atoms. The Morgan fingerprint density at radius 2 is 1.95 bits per heavy atom. The van der Waals surface area contributed by atoms with Crippen molar-refractivity contribution in [1.29, 1.82) is 0 Å². The van der Waals surface area contributed by atoms with Gasteiger partial charge < -0.3 is 9.67 Å². The van der Waals surface area contributed by atoms with Crippen molar-refractivity contribution < 1.29 is 9.90 Å². The lowest BCUT2D eigenvalue weighted by atomic mass is 9.85. The Morgan fingerprint density at radius 1 is 1.30 bits per heavy atom. The summed E-state index contributed by atoms with van der Waals surface area (Å²) in [4.78, 5) is 11.1. The third-order valence-corrected chi connectivity index (χ3v) is 3.26. The van der Waals surface area contributed by atoms with Gasteiger partial charge in [0, 0.05) is 35.8 Å². The minimum absolute atomic E-state index is 0.0399. The highest BCUT2D eigenvalue weighted by atomic mass is 16.4. The van der Waals surface area contributed by atoms with Crippen LogP contribution in [0.3, 0.4) is 0 Å². The van der Waals surface area contributed by atoms with Crippen LogP contribution in [0.2, 0.25) is 0 Å². The summed E-state index contributed by atoms with van der Waals surface area (Å²) in [5.41, 5.74) is 3.05. The lowest BCUT2D eigenvalue weighted by molar-refractivity contribution is -0.131. The van der Waals surface area contributed by atoms with Crippen molar-refractivity contribution in [2.45, 2.75) is 27.2 Å². The second kappa shape index (κ2) is 5.16. The van der Waals surface area contributed by atoms with Gasteiger partial charge in [0.05, 0.1) is 0 Å². The zero-order valence-corrected chi connectivity index (χ0v) is 12.5. The highest BCUT2D eigenvalue weighted by Gasteiger charge is 2.18. The fourth-order valence-electron chi connectivity index (χ4n) is 2.54. The number of nitrogens with zero attached hydrogens (tertiary/aromatic N) is 1. The molecule has 0 aliphatic carbocycles. The maximum absolute atomic E-state index is 11.1. The van der Waals surface area contributed by atoms with Gasteiger partial charge in [0.2, 0.25) is 0 Å². The Balaban J connectivity index is 2.60. The van der Waals surface area contributed by atoms with Gasteiger partial charge in [-0.15, -0.1) is 0 Å². The van der Waals surface area contributed by atoms with Gasteiger partial charge in [0.25, 0.3) is 0 Å². The second-order valence-electron chi connectivity index (χ2n) is 6.42. The number of allylic oxidation sites excluding steroid dienone is 1. The van der Waals surface area contributed by atoms with E-state index in [9.17, 15) is 4.79 Å². The first-order chi connectivity index (χ1) is 9.28. The molecule has 0 saturated carbocycles. The van der Waals surface area contributed by atoms with E-state index in [4.69, 9.17) is 5.11 Å². The molecule has 0 unspecified atom stereocenters. The summed E-state index contributed by atoms with van der Waals surface area (Å²) in [5, 5.41) is 10.2. The molecule has 1 aromatic carbocycles. The van der Waals surface area contributed by atoms with Crippen LogP contribution in [-0.2, 0) is 11.8 Å². The van der Waals surface area contributed by atoms with Crippen LogP contribution < -0.4 is 0 Å². The highest BCUT2D eigenvalue weighted by Crippen LogP contribution is 2.34. The van der Waals surface area contributed by atoms with Crippen LogP contribution in [0.5, 0.6) is 0 Å². The smallest absolute Gasteiger partial charge is 0.328 e. The predicted octanol–water partition coefficient (Wildman–Crippen LogP) is 4.08. The summed E-state index contributed by atoms with van der Waals surface area (Å²) in [7, 11) is 1.99. The molecule has 0 aliphatic rings. The van der Waals surface area contributed by atoms with Crippen molar-refractivity contribution in [2.75, 3.05) is 0 Å². The number of rotatable bonds is 3. The van der Waals surface area contributed by atoms with Gasteiger partial charge in [0.15, 0.2) is 0 Å². The molecule has 0 aliphatic heterocycles. The van der Waals surface area contributed by atoms with Crippen molar-refractivity contribution in [3.05, 3.63) is 42.1 Å². The largest absolute Gasteiger partial charge is 0.478 e. The molecule has 3 heteroatoms. The molecule has 0 saturated heterocycles. The highest BCUT2D eigenvalue weighted by molar-refractivity contribution is 5.98. The third kappa shape index (κ3) is 3.10. The monoisotopic (exact) mass is 271 g/mol. The van der Waals surface area contributed by atoms with Crippen LogP contribution in [0, 0.1) is 5.41 Å². The summed E-state index contributed by atoms with van der Waals surface area (Å²) in [6.45, 7) is 6.36. The molecular formula is C17H21NO2. The van der Waals surface area contributed by atoms with E-state index in [-0.39, 0.29) is 5.41 Å². The lowest BCUT2D eigenvalue weighted by Gasteiger charge is -2.20. The van der Waals surface area contributed by atoms with E-state index < -0.39 is 5.97 Å². The Morgan fingerprint density at radius 3 is 2.55 bits per heavy atom. The quantitative estimate of drug-likeness (QED) is 0.855. The number of aryl methyl sites for hydroxylation is 1. The van der Waals surface area contributed by atoms with Crippen LogP contribution in [0.25, 0.3) is 16.5 Å². The summed E-state index contributed by atoms with van der Waals surface area (Å²) in [5.74, 6) is -0.891. The molecule has 0 bridgehead atoms. The van der Waals surface area contributed by atoms with Crippen LogP contribution in [0.4, 0.5) is 0 Å². The maximum atomic E-state index is 11.1. The second-order valence-corrected chi connectivity index (χ2v) is 6.42. The predicted molar refractivity (Wildman–Crippen MR) is 82.6 cm³/mol. The van der Waals surface area contributed by atoms with Gasteiger partial charge >= 0.3 is 5.97 Å². The number of para-hydroxylation sites is 1. The number of hydrogen-bond acceptors (Lipinski definition) is 1. The van der Waals surface area contributed by atoms with E-state index in [0.29, 0.717) is 0 Å². The molecule has 0 fully saturated rings. The number of carboxylic acids is 1. The number of fused-ring (bicyclic) bond motifs is 1. The van der Waals surface area contributed by atoms with Crippen molar-refractivity contribution in [3.63, 3.8) is 0 Å². The van der Waals surface area contributed by atoms with Crippen molar-refractivity contribution in [1.82, 2.24) is 4.57 Å². The van der Waals surface area contributed by atoms with E-state index in [2.05, 4.69) is 20.8 Å². The number of benzene rings is 1. The van der Waals surface area contributed by atoms with Gasteiger partial charge in [0.1, 0.15) is 0 Å². The average molecular weight is 271 g/mol. The number of carbonyl (C=O) groups is 1. The first kappa shape index (κ1) is 14.4. The lowest BCUT2D eigenvalue weighted by Crippen LogP contribution is -2.07. The van der Waals surface area contributed by atoms with Gasteiger partial charge in [-0.1, -0.05) is 39.0 Å². The van der Waals surface area contributed by atoms with Crippen LogP contribution >= 0.6 is 0 Å². The van der Waals surface area contributed by atoms with E-state index in [1.54, 1.807) is 0 Å². The molecule has 1 aromatic heterocycles. The molecule has 106 valence electrons. The van der Waals surface area contributed by atoms with Gasteiger partial charge in [-0.3, -0.25) is 0 Å². The summed E-state index contributed by atoms with van der Waals surface area (Å²) in [6.07, 6.45) is 4.09. The minimum atomic E-state index is -0.891. The topological polar surface area (TPSA) is 42.2 Å². The molecule has 0 radical (unpaired) electrons. The summed E-state index contributed by atoms with van der Waals surface area (Å²) < 4.78 is 2.04. The van der Waals surface area contributed by atoms with Crippen LogP contribution in [0.1, 0.15) is 32.8 Å². The van der Waals surface area contributed by atoms with Crippen molar-refractivity contribution >= 4 is 22.4 Å². The normalized spacial score (nSPS) is 12.9. The first-order valence-corrected chi connectivity index (χ1v) is 6.76. The number of carboxylic acid groups (broad SMARTS) is 1. The number of hydrogen-bond donors (Lipinski definition) is 1. The van der Waals surface area contributed by atoms with E-state index in [0.717, 1.165) is 28.5 Å². The average Bonchev–Trinajstić information content (AvgIpc) is 2.64. The Hall–Kier alpha value is -2.03. The van der Waals surface area contributed by atoms with Gasteiger partial charge in [-0.25, -0.2) is 4.79 Å². The van der Waals surface area contributed by atoms with Crippen molar-refractivity contribution in [3.8, 4) is 0 Å².